The third-order valence-electron chi connectivity index (χ3n) is 2.61. The van der Waals surface area contributed by atoms with Crippen molar-refractivity contribution in [2.24, 2.45) is 0 Å². The van der Waals surface area contributed by atoms with Crippen molar-refractivity contribution in [3.05, 3.63) is 35.5 Å². The van der Waals surface area contributed by atoms with E-state index in [1.54, 1.807) is 0 Å². The van der Waals surface area contributed by atoms with Crippen LogP contribution >= 0.6 is 0 Å². The molecule has 0 aliphatic carbocycles. The van der Waals surface area contributed by atoms with Gasteiger partial charge in [0.05, 0.1) is 0 Å². The zero-order valence-electron chi connectivity index (χ0n) is 8.72. The summed E-state index contributed by atoms with van der Waals surface area (Å²) in [6.45, 7) is 3.11. The summed E-state index contributed by atoms with van der Waals surface area (Å²) in [5.74, 6) is 0. The highest BCUT2D eigenvalue weighted by Crippen LogP contribution is 2.19. The van der Waals surface area contributed by atoms with Gasteiger partial charge in [0.2, 0.25) is 0 Å². The minimum Gasteiger partial charge on any atom is -0.361 e. The molecule has 0 unspecified atom stereocenters. The van der Waals surface area contributed by atoms with Crippen LogP contribution in [0.15, 0.2) is 24.4 Å². The van der Waals surface area contributed by atoms with Crippen molar-refractivity contribution in [3.63, 3.8) is 0 Å². The van der Waals surface area contributed by atoms with Crippen LogP contribution in [0, 0.1) is 0 Å². The molecule has 1 heterocycles. The Balaban J connectivity index is 2.52. The molecule has 0 fully saturated rings. The highest BCUT2D eigenvalue weighted by atomic mass is 14.8. The first kappa shape index (κ1) is 9.28. The highest BCUT2D eigenvalue weighted by Gasteiger charge is 2.02. The number of H-pyrrole nitrogens is 1. The van der Waals surface area contributed by atoms with E-state index < -0.39 is 0 Å². The fourth-order valence-corrected chi connectivity index (χ4v) is 1.78. The number of aryl methyl sites for hydroxylation is 1. The molecule has 0 spiro atoms. The molecule has 0 atom stereocenters. The van der Waals surface area contributed by atoms with Gasteiger partial charge in [-0.15, -0.1) is 0 Å². The van der Waals surface area contributed by atoms with Gasteiger partial charge in [0.25, 0.3) is 0 Å². The van der Waals surface area contributed by atoms with Crippen LogP contribution in [-0.2, 0) is 13.0 Å². The summed E-state index contributed by atoms with van der Waals surface area (Å²) < 4.78 is 0. The van der Waals surface area contributed by atoms with Crippen LogP contribution in [0.2, 0.25) is 0 Å². The Morgan fingerprint density at radius 3 is 2.93 bits per heavy atom. The van der Waals surface area contributed by atoms with E-state index in [1.165, 1.54) is 22.0 Å². The minimum atomic E-state index is 0.924. The lowest BCUT2D eigenvalue weighted by molar-refractivity contribution is 0.823. The minimum absolute atomic E-state index is 0.924. The van der Waals surface area contributed by atoms with E-state index in [2.05, 4.69) is 41.6 Å². The lowest BCUT2D eigenvalue weighted by Gasteiger charge is -1.99. The number of fused-ring (bicyclic) bond motifs is 1. The van der Waals surface area contributed by atoms with E-state index in [4.69, 9.17) is 0 Å². The second-order valence-corrected chi connectivity index (χ2v) is 3.58. The van der Waals surface area contributed by atoms with Gasteiger partial charge in [0, 0.05) is 23.6 Å². The van der Waals surface area contributed by atoms with Crippen molar-refractivity contribution in [3.8, 4) is 0 Å². The maximum atomic E-state index is 3.28. The second kappa shape index (κ2) is 3.84. The van der Waals surface area contributed by atoms with Gasteiger partial charge >= 0.3 is 0 Å². The number of benzene rings is 1. The quantitative estimate of drug-likeness (QED) is 0.760. The molecule has 0 amide bonds. The molecular formula is C12H16N2. The highest BCUT2D eigenvalue weighted by molar-refractivity contribution is 5.83. The number of rotatable bonds is 3. The fourth-order valence-electron chi connectivity index (χ4n) is 1.78. The SMILES string of the molecule is CCc1ccc2[nH]cc(CNC)c2c1. The first-order chi connectivity index (χ1) is 6.85. The normalized spacial score (nSPS) is 11.0. The predicted molar refractivity (Wildman–Crippen MR) is 60.4 cm³/mol. The van der Waals surface area contributed by atoms with Crippen molar-refractivity contribution in [2.45, 2.75) is 19.9 Å². The molecule has 0 aliphatic heterocycles. The van der Waals surface area contributed by atoms with Crippen LogP contribution in [-0.4, -0.2) is 12.0 Å². The summed E-state index contributed by atoms with van der Waals surface area (Å²) >= 11 is 0. The van der Waals surface area contributed by atoms with Gasteiger partial charge in [0.1, 0.15) is 0 Å². The molecule has 0 aliphatic rings. The topological polar surface area (TPSA) is 27.8 Å². The maximum Gasteiger partial charge on any atom is 0.0457 e. The molecule has 2 aromatic rings. The molecule has 2 nitrogen and oxygen atoms in total. The third kappa shape index (κ3) is 1.53. The largest absolute Gasteiger partial charge is 0.361 e. The van der Waals surface area contributed by atoms with Crippen molar-refractivity contribution < 1.29 is 0 Å². The smallest absolute Gasteiger partial charge is 0.0457 e. The molecule has 14 heavy (non-hydrogen) atoms. The van der Waals surface area contributed by atoms with Crippen molar-refractivity contribution >= 4 is 10.9 Å². The van der Waals surface area contributed by atoms with Gasteiger partial charge in [0.15, 0.2) is 0 Å². The van der Waals surface area contributed by atoms with Gasteiger partial charge in [-0.2, -0.15) is 0 Å². The number of nitrogens with one attached hydrogen (secondary N) is 2. The average Bonchev–Trinajstić information content (AvgIpc) is 2.61. The predicted octanol–water partition coefficient (Wildman–Crippen LogP) is 2.45. The summed E-state index contributed by atoms with van der Waals surface area (Å²) in [5, 5.41) is 4.53. The third-order valence-corrected chi connectivity index (χ3v) is 2.61. The Bertz CT molecular complexity index is 429. The standard InChI is InChI=1S/C12H16N2/c1-3-9-4-5-12-11(6-9)10(7-13-2)8-14-12/h4-6,8,13-14H,3,7H2,1-2H3. The zero-order chi connectivity index (χ0) is 9.97. The van der Waals surface area contributed by atoms with Gasteiger partial charge in [-0.05, 0) is 36.7 Å². The molecule has 1 aromatic heterocycles. The maximum absolute atomic E-state index is 3.28. The molecule has 2 heteroatoms. The Morgan fingerprint density at radius 1 is 1.36 bits per heavy atom. The van der Waals surface area contributed by atoms with Crippen molar-refractivity contribution in [1.29, 1.82) is 0 Å². The van der Waals surface area contributed by atoms with Crippen LogP contribution in [0.4, 0.5) is 0 Å². The van der Waals surface area contributed by atoms with Crippen molar-refractivity contribution in [1.82, 2.24) is 10.3 Å². The Kier molecular flexibility index (Phi) is 2.55. The monoisotopic (exact) mass is 188 g/mol. The Labute approximate surface area is 84.3 Å². The summed E-state index contributed by atoms with van der Waals surface area (Å²) in [5.41, 5.74) is 3.97. The molecule has 0 saturated carbocycles. The van der Waals surface area contributed by atoms with Crippen LogP contribution in [0.1, 0.15) is 18.1 Å². The number of aromatic amines is 1. The Morgan fingerprint density at radius 2 is 2.21 bits per heavy atom. The molecule has 0 saturated heterocycles. The summed E-state index contributed by atoms with van der Waals surface area (Å²) in [4.78, 5) is 3.28. The summed E-state index contributed by atoms with van der Waals surface area (Å²) in [6, 6.07) is 6.62. The van der Waals surface area contributed by atoms with Gasteiger partial charge in [-0.3, -0.25) is 0 Å². The molecule has 2 rings (SSSR count). The van der Waals surface area contributed by atoms with Crippen LogP contribution in [0.25, 0.3) is 10.9 Å². The lowest BCUT2D eigenvalue weighted by Crippen LogP contribution is -2.04. The van der Waals surface area contributed by atoms with Gasteiger partial charge in [-0.25, -0.2) is 0 Å². The van der Waals surface area contributed by atoms with E-state index in [-0.39, 0.29) is 0 Å². The Hall–Kier alpha value is -1.28. The average molecular weight is 188 g/mol. The first-order valence-corrected chi connectivity index (χ1v) is 5.08. The first-order valence-electron chi connectivity index (χ1n) is 5.08. The molecule has 0 bridgehead atoms. The second-order valence-electron chi connectivity index (χ2n) is 3.58. The van der Waals surface area contributed by atoms with Crippen LogP contribution < -0.4 is 5.32 Å². The van der Waals surface area contributed by atoms with Crippen molar-refractivity contribution in [2.75, 3.05) is 7.05 Å². The van der Waals surface area contributed by atoms with E-state index in [0.29, 0.717) is 0 Å². The zero-order valence-corrected chi connectivity index (χ0v) is 8.72. The summed E-state index contributed by atoms with van der Waals surface area (Å²) in [7, 11) is 1.97. The number of aromatic nitrogens is 1. The van der Waals surface area contributed by atoms with Crippen LogP contribution in [0.3, 0.4) is 0 Å². The van der Waals surface area contributed by atoms with Gasteiger partial charge in [-0.1, -0.05) is 13.0 Å². The van der Waals surface area contributed by atoms with E-state index in [1.807, 2.05) is 7.05 Å². The van der Waals surface area contributed by atoms with Gasteiger partial charge < -0.3 is 10.3 Å². The van der Waals surface area contributed by atoms with Crippen LogP contribution in [0.5, 0.6) is 0 Å². The molecule has 2 N–H and O–H groups in total. The van der Waals surface area contributed by atoms with E-state index in [9.17, 15) is 0 Å². The van der Waals surface area contributed by atoms with E-state index in [0.717, 1.165) is 13.0 Å². The van der Waals surface area contributed by atoms with E-state index >= 15 is 0 Å². The molecule has 1 aromatic carbocycles. The molecule has 0 radical (unpaired) electrons. The number of hydrogen-bond acceptors (Lipinski definition) is 1. The number of hydrogen-bond donors (Lipinski definition) is 2. The molecular weight excluding hydrogens is 172 g/mol. The summed E-state index contributed by atoms with van der Waals surface area (Å²) in [6.07, 6.45) is 3.18. The fraction of sp³-hybridized carbons (Fsp3) is 0.333. The molecule has 74 valence electrons. The lowest BCUT2D eigenvalue weighted by atomic mass is 10.1.